The van der Waals surface area contributed by atoms with E-state index in [1.54, 1.807) is 0 Å². The van der Waals surface area contributed by atoms with Gasteiger partial charge in [-0.1, -0.05) is 158 Å². The van der Waals surface area contributed by atoms with Crippen LogP contribution in [0.4, 0.5) is 34.1 Å². The van der Waals surface area contributed by atoms with Crippen LogP contribution in [0.3, 0.4) is 0 Å². The molecule has 12 rings (SSSR count). The van der Waals surface area contributed by atoms with Crippen LogP contribution in [0.25, 0.3) is 72.5 Å². The molecule has 12 aromatic rings. The van der Waals surface area contributed by atoms with Crippen LogP contribution in [0.15, 0.2) is 261 Å². The van der Waals surface area contributed by atoms with Gasteiger partial charge >= 0.3 is 0 Å². The summed E-state index contributed by atoms with van der Waals surface area (Å²) in [5.41, 5.74) is 19.6. The first-order chi connectivity index (χ1) is 35.0. The molecular formula is C66H49N5. The molecule has 0 radical (unpaired) electrons. The summed E-state index contributed by atoms with van der Waals surface area (Å²) in [6.07, 6.45) is 0. The Morgan fingerprint density at radius 3 is 1.13 bits per heavy atom. The fourth-order valence-electron chi connectivity index (χ4n) is 9.98. The van der Waals surface area contributed by atoms with Gasteiger partial charge in [0.1, 0.15) is 0 Å². The Balaban J connectivity index is 0.984. The van der Waals surface area contributed by atoms with Crippen molar-refractivity contribution in [3.63, 3.8) is 0 Å². The van der Waals surface area contributed by atoms with E-state index < -0.39 is 0 Å². The third-order valence-corrected chi connectivity index (χ3v) is 13.4. The van der Waals surface area contributed by atoms with E-state index in [0.29, 0.717) is 5.82 Å². The second kappa shape index (κ2) is 18.6. The predicted molar refractivity (Wildman–Crippen MR) is 297 cm³/mol. The lowest BCUT2D eigenvalue weighted by Gasteiger charge is -2.26. The molecule has 5 nitrogen and oxygen atoms in total. The van der Waals surface area contributed by atoms with E-state index in [1.165, 1.54) is 27.5 Å². The van der Waals surface area contributed by atoms with Gasteiger partial charge < -0.3 is 14.4 Å². The molecule has 0 atom stereocenters. The SMILES string of the molecule is Cc1cc(-n2c3ccc(N(c4ccccc4)c4ccccc4)cc3c3cc(N(c4ccccc4)c4ccccc4)ccc32)c(C)cc1-c1ccc(-c2cc(-c3ccccc3)nc(-c3ccccc3)n2)cc1. The number of nitrogens with zero attached hydrogens (tertiary/aromatic N) is 5. The number of benzene rings is 10. The number of rotatable bonds is 11. The molecular weight excluding hydrogens is 863 g/mol. The van der Waals surface area contributed by atoms with Crippen molar-refractivity contribution in [3.05, 3.63) is 272 Å². The fourth-order valence-corrected chi connectivity index (χ4v) is 9.98. The Kier molecular flexibility index (Phi) is 11.3. The number of hydrogen-bond donors (Lipinski definition) is 0. The number of aromatic nitrogens is 3. The first kappa shape index (κ1) is 43.0. The van der Waals surface area contributed by atoms with Gasteiger partial charge in [0.25, 0.3) is 0 Å². The minimum absolute atomic E-state index is 0.708. The average molecular weight is 912 g/mol. The molecule has 0 aliphatic carbocycles. The minimum Gasteiger partial charge on any atom is -0.310 e. The normalized spacial score (nSPS) is 11.2. The van der Waals surface area contributed by atoms with E-state index in [4.69, 9.17) is 9.97 Å². The van der Waals surface area contributed by atoms with Gasteiger partial charge in [-0.05, 0) is 139 Å². The molecule has 2 heterocycles. The molecule has 5 heteroatoms. The van der Waals surface area contributed by atoms with Crippen molar-refractivity contribution in [3.8, 4) is 50.7 Å². The first-order valence-electron chi connectivity index (χ1n) is 24.2. The number of aryl methyl sites for hydroxylation is 2. The minimum atomic E-state index is 0.708. The van der Waals surface area contributed by atoms with Gasteiger partial charge in [0.15, 0.2) is 5.82 Å². The highest BCUT2D eigenvalue weighted by Gasteiger charge is 2.22. The van der Waals surface area contributed by atoms with Crippen LogP contribution in [0, 0.1) is 13.8 Å². The molecule has 0 spiro atoms. The molecule has 0 amide bonds. The van der Waals surface area contributed by atoms with Gasteiger partial charge in [0.2, 0.25) is 0 Å². The van der Waals surface area contributed by atoms with Crippen molar-refractivity contribution < 1.29 is 0 Å². The first-order valence-corrected chi connectivity index (χ1v) is 24.2. The summed E-state index contributed by atoms with van der Waals surface area (Å²) in [5, 5.41) is 2.34. The molecule has 338 valence electrons. The highest BCUT2D eigenvalue weighted by molar-refractivity contribution is 6.12. The summed E-state index contributed by atoms with van der Waals surface area (Å²) in [5.74, 6) is 0.708. The van der Waals surface area contributed by atoms with Gasteiger partial charge in [0.05, 0.1) is 22.4 Å². The zero-order valence-corrected chi connectivity index (χ0v) is 39.6. The molecule has 0 saturated heterocycles. The Hall–Kier alpha value is -9.32. The van der Waals surface area contributed by atoms with Gasteiger partial charge in [-0.15, -0.1) is 0 Å². The third kappa shape index (κ3) is 8.30. The Bertz CT molecular complexity index is 3520. The fraction of sp³-hybridized carbons (Fsp3) is 0.0303. The summed E-state index contributed by atoms with van der Waals surface area (Å²) >= 11 is 0. The molecule has 10 aromatic carbocycles. The maximum absolute atomic E-state index is 5.10. The van der Waals surface area contributed by atoms with Gasteiger partial charge in [0, 0.05) is 67.3 Å². The Labute approximate surface area is 414 Å². The van der Waals surface area contributed by atoms with E-state index >= 15 is 0 Å². The molecule has 0 N–H and O–H groups in total. The standard InChI is InChI=1S/C66H49N5/c1-46-42-65(47(2)41-58(46)48-33-35-50(36-34-48)62-45-61(49-21-9-3-10-22-49)67-66(68-62)51-23-11-4-12-24-51)71-63-39-37-56(69(52-25-13-5-14-26-52)53-27-15-6-16-28-53)43-59(63)60-44-57(38-40-64(60)71)70(54-29-17-7-18-30-54)55-31-19-8-20-32-55/h3-45H,1-2H3. The summed E-state index contributed by atoms with van der Waals surface area (Å²) in [4.78, 5) is 14.8. The van der Waals surface area contributed by atoms with Crippen molar-refractivity contribution in [2.24, 2.45) is 0 Å². The highest BCUT2D eigenvalue weighted by Crippen LogP contribution is 2.44. The molecule has 0 aliphatic heterocycles. The second-order valence-corrected chi connectivity index (χ2v) is 18.0. The smallest absolute Gasteiger partial charge is 0.160 e. The van der Waals surface area contributed by atoms with Gasteiger partial charge in [-0.3, -0.25) is 0 Å². The van der Waals surface area contributed by atoms with Crippen LogP contribution >= 0.6 is 0 Å². The number of fused-ring (bicyclic) bond motifs is 3. The van der Waals surface area contributed by atoms with Crippen molar-refractivity contribution in [1.29, 1.82) is 0 Å². The molecule has 0 saturated carbocycles. The number of hydrogen-bond acceptors (Lipinski definition) is 4. The quantitative estimate of drug-likeness (QED) is 0.130. The molecule has 0 fully saturated rings. The molecule has 0 unspecified atom stereocenters. The van der Waals surface area contributed by atoms with Crippen LogP contribution in [-0.2, 0) is 0 Å². The van der Waals surface area contributed by atoms with Crippen molar-refractivity contribution in [2.75, 3.05) is 9.80 Å². The maximum Gasteiger partial charge on any atom is 0.160 e. The van der Waals surface area contributed by atoms with Gasteiger partial charge in [-0.2, -0.15) is 0 Å². The van der Waals surface area contributed by atoms with Crippen LogP contribution in [0.1, 0.15) is 11.1 Å². The average Bonchev–Trinajstić information content (AvgIpc) is 3.76. The summed E-state index contributed by atoms with van der Waals surface area (Å²) in [6, 6.07) is 92.6. The summed E-state index contributed by atoms with van der Waals surface area (Å²) < 4.78 is 2.46. The lowest BCUT2D eigenvalue weighted by Crippen LogP contribution is -2.09. The second-order valence-electron chi connectivity index (χ2n) is 18.0. The molecule has 0 aliphatic rings. The summed E-state index contributed by atoms with van der Waals surface area (Å²) in [6.45, 7) is 4.47. The van der Waals surface area contributed by atoms with E-state index in [0.717, 1.165) is 84.5 Å². The largest absolute Gasteiger partial charge is 0.310 e. The van der Waals surface area contributed by atoms with E-state index in [2.05, 4.69) is 265 Å². The predicted octanol–water partition coefficient (Wildman–Crippen LogP) is 17.8. The number of para-hydroxylation sites is 4. The van der Waals surface area contributed by atoms with Crippen molar-refractivity contribution in [1.82, 2.24) is 14.5 Å². The summed E-state index contributed by atoms with van der Waals surface area (Å²) in [7, 11) is 0. The van der Waals surface area contributed by atoms with Crippen LogP contribution in [0.2, 0.25) is 0 Å². The monoisotopic (exact) mass is 911 g/mol. The number of anilines is 6. The van der Waals surface area contributed by atoms with Crippen LogP contribution in [-0.4, -0.2) is 14.5 Å². The van der Waals surface area contributed by atoms with Gasteiger partial charge in [-0.25, -0.2) is 9.97 Å². The highest BCUT2D eigenvalue weighted by atomic mass is 15.1. The topological polar surface area (TPSA) is 37.2 Å². The van der Waals surface area contributed by atoms with Crippen molar-refractivity contribution >= 4 is 55.9 Å². The van der Waals surface area contributed by atoms with E-state index in [1.807, 2.05) is 24.3 Å². The van der Waals surface area contributed by atoms with Crippen LogP contribution < -0.4 is 9.80 Å². The Morgan fingerprint density at radius 2 is 0.690 bits per heavy atom. The lowest BCUT2D eigenvalue weighted by molar-refractivity contribution is 1.14. The van der Waals surface area contributed by atoms with E-state index in [9.17, 15) is 0 Å². The zero-order chi connectivity index (χ0) is 47.7. The van der Waals surface area contributed by atoms with Crippen LogP contribution in [0.5, 0.6) is 0 Å². The Morgan fingerprint density at radius 1 is 0.310 bits per heavy atom. The lowest BCUT2D eigenvalue weighted by atomic mass is 9.95. The third-order valence-electron chi connectivity index (χ3n) is 13.4. The molecule has 0 bridgehead atoms. The molecule has 71 heavy (non-hydrogen) atoms. The molecule has 2 aromatic heterocycles. The zero-order valence-electron chi connectivity index (χ0n) is 39.6. The van der Waals surface area contributed by atoms with Crippen molar-refractivity contribution in [2.45, 2.75) is 13.8 Å². The van der Waals surface area contributed by atoms with E-state index in [-0.39, 0.29) is 0 Å². The maximum atomic E-state index is 5.10.